The van der Waals surface area contributed by atoms with Gasteiger partial charge in [-0.1, -0.05) is 61.5 Å². The van der Waals surface area contributed by atoms with Gasteiger partial charge in [0.05, 0.1) is 22.9 Å². The highest BCUT2D eigenvalue weighted by atomic mass is 16.5. The zero-order chi connectivity index (χ0) is 23.8. The second-order valence-electron chi connectivity index (χ2n) is 9.34. The average molecular weight is 451 g/mol. The van der Waals surface area contributed by atoms with Crippen LogP contribution >= 0.6 is 0 Å². The summed E-state index contributed by atoms with van der Waals surface area (Å²) in [7, 11) is 0. The maximum Gasteiger partial charge on any atom is 0.308 e. The molecule has 1 fully saturated rings. The van der Waals surface area contributed by atoms with Gasteiger partial charge in [-0.15, -0.1) is 0 Å². The molecule has 0 saturated carbocycles. The molecule has 3 aliphatic carbocycles. The van der Waals surface area contributed by atoms with Gasteiger partial charge in [0.1, 0.15) is 12.0 Å². The van der Waals surface area contributed by atoms with Crippen LogP contribution in [0.15, 0.2) is 72.8 Å². The SMILES string of the molecule is CC(=O)Oc1cccc(N2C(=O)[C@H]3[C@H](C2=O)C2(C=O)c4ccccc4C3(C)c3ccccc32)c1. The molecule has 1 saturated heterocycles. The van der Waals surface area contributed by atoms with E-state index in [0.29, 0.717) is 5.69 Å². The van der Waals surface area contributed by atoms with E-state index in [2.05, 4.69) is 0 Å². The highest BCUT2D eigenvalue weighted by molar-refractivity contribution is 6.25. The van der Waals surface area contributed by atoms with Gasteiger partial charge in [0.2, 0.25) is 11.8 Å². The summed E-state index contributed by atoms with van der Waals surface area (Å²) < 4.78 is 5.18. The number of aldehydes is 1. The molecule has 7 rings (SSSR count). The fourth-order valence-corrected chi connectivity index (χ4v) is 6.57. The molecule has 0 aromatic heterocycles. The first kappa shape index (κ1) is 20.5. The Morgan fingerprint density at radius 2 is 1.41 bits per heavy atom. The van der Waals surface area contributed by atoms with Gasteiger partial charge in [-0.05, 0) is 34.4 Å². The van der Waals surface area contributed by atoms with E-state index in [-0.39, 0.29) is 11.7 Å². The minimum atomic E-state index is -1.26. The monoisotopic (exact) mass is 451 g/mol. The molecule has 4 aliphatic rings. The molecule has 6 heteroatoms. The highest BCUT2D eigenvalue weighted by Crippen LogP contribution is 2.66. The minimum Gasteiger partial charge on any atom is -0.427 e. The van der Waals surface area contributed by atoms with Crippen molar-refractivity contribution in [1.82, 2.24) is 0 Å². The first-order valence-electron chi connectivity index (χ1n) is 11.2. The Balaban J connectivity index is 1.61. The van der Waals surface area contributed by atoms with Gasteiger partial charge in [-0.3, -0.25) is 14.4 Å². The lowest BCUT2D eigenvalue weighted by molar-refractivity contribution is -0.132. The number of carbonyl (C=O) groups is 4. The van der Waals surface area contributed by atoms with E-state index in [0.717, 1.165) is 33.4 Å². The summed E-state index contributed by atoms with van der Waals surface area (Å²) in [5, 5.41) is 0. The molecule has 0 radical (unpaired) electrons. The fraction of sp³-hybridized carbons (Fsp3) is 0.214. The van der Waals surface area contributed by atoms with Crippen molar-refractivity contribution in [2.24, 2.45) is 11.8 Å². The van der Waals surface area contributed by atoms with Gasteiger partial charge in [0, 0.05) is 18.4 Å². The number of benzene rings is 3. The van der Waals surface area contributed by atoms with Gasteiger partial charge in [-0.25, -0.2) is 4.90 Å². The number of anilines is 1. The number of carbonyl (C=O) groups excluding carboxylic acids is 4. The van der Waals surface area contributed by atoms with Crippen LogP contribution in [0.4, 0.5) is 5.69 Å². The molecule has 0 N–H and O–H groups in total. The molecule has 0 unspecified atom stereocenters. The Morgan fingerprint density at radius 3 is 1.97 bits per heavy atom. The molecule has 168 valence electrons. The molecule has 2 bridgehead atoms. The first-order valence-corrected chi connectivity index (χ1v) is 11.2. The Morgan fingerprint density at radius 1 is 0.853 bits per heavy atom. The van der Waals surface area contributed by atoms with Crippen LogP contribution in [0.3, 0.4) is 0 Å². The van der Waals surface area contributed by atoms with Crippen molar-refractivity contribution in [2.45, 2.75) is 24.7 Å². The molecule has 2 amide bonds. The van der Waals surface area contributed by atoms with Crippen LogP contribution in [0, 0.1) is 11.8 Å². The largest absolute Gasteiger partial charge is 0.427 e. The summed E-state index contributed by atoms with van der Waals surface area (Å²) in [6.07, 6.45) is 0.852. The normalized spacial score (nSPS) is 28.2. The summed E-state index contributed by atoms with van der Waals surface area (Å²) in [5.74, 6) is -2.64. The predicted octanol–water partition coefficient (Wildman–Crippen LogP) is 3.54. The van der Waals surface area contributed by atoms with Gasteiger partial charge >= 0.3 is 5.97 Å². The second kappa shape index (κ2) is 6.73. The third kappa shape index (κ3) is 2.25. The predicted molar refractivity (Wildman–Crippen MR) is 123 cm³/mol. The van der Waals surface area contributed by atoms with Crippen LogP contribution in [0.25, 0.3) is 0 Å². The van der Waals surface area contributed by atoms with E-state index in [4.69, 9.17) is 4.74 Å². The van der Waals surface area contributed by atoms with E-state index in [1.165, 1.54) is 13.0 Å². The summed E-state index contributed by atoms with van der Waals surface area (Å²) >= 11 is 0. The summed E-state index contributed by atoms with van der Waals surface area (Å²) in [6, 6.07) is 21.6. The van der Waals surface area contributed by atoms with E-state index < -0.39 is 34.5 Å². The second-order valence-corrected chi connectivity index (χ2v) is 9.34. The molecule has 3 aromatic rings. The van der Waals surface area contributed by atoms with Crippen molar-refractivity contribution in [2.75, 3.05) is 4.90 Å². The van der Waals surface area contributed by atoms with Gasteiger partial charge < -0.3 is 9.53 Å². The fourth-order valence-electron chi connectivity index (χ4n) is 6.57. The number of ether oxygens (including phenoxy) is 1. The lowest BCUT2D eigenvalue weighted by atomic mass is 9.42. The number of nitrogens with zero attached hydrogens (tertiary/aromatic N) is 1. The van der Waals surface area contributed by atoms with Crippen LogP contribution in [0.5, 0.6) is 5.75 Å². The van der Waals surface area contributed by atoms with Crippen LogP contribution in [-0.2, 0) is 30.0 Å². The van der Waals surface area contributed by atoms with E-state index in [9.17, 15) is 19.2 Å². The summed E-state index contributed by atoms with van der Waals surface area (Å²) in [4.78, 5) is 53.7. The number of hydrogen-bond donors (Lipinski definition) is 0. The van der Waals surface area contributed by atoms with E-state index >= 15 is 0 Å². The molecule has 1 heterocycles. The molecular formula is C28H21NO5. The van der Waals surface area contributed by atoms with Crippen LogP contribution in [0.1, 0.15) is 36.1 Å². The van der Waals surface area contributed by atoms with E-state index in [1.54, 1.807) is 18.2 Å². The maximum absolute atomic E-state index is 14.0. The lowest BCUT2D eigenvalue weighted by Crippen LogP contribution is -2.61. The van der Waals surface area contributed by atoms with Crippen molar-refractivity contribution in [3.05, 3.63) is 95.1 Å². The molecule has 2 atom stereocenters. The van der Waals surface area contributed by atoms with Crippen LogP contribution in [-0.4, -0.2) is 24.1 Å². The first-order chi connectivity index (χ1) is 16.4. The van der Waals surface area contributed by atoms with Crippen LogP contribution in [0.2, 0.25) is 0 Å². The Bertz CT molecular complexity index is 1380. The number of rotatable bonds is 3. The van der Waals surface area contributed by atoms with Crippen molar-refractivity contribution in [1.29, 1.82) is 0 Å². The van der Waals surface area contributed by atoms with Crippen molar-refractivity contribution >= 4 is 29.8 Å². The van der Waals surface area contributed by atoms with Gasteiger partial charge in [0.25, 0.3) is 0 Å². The maximum atomic E-state index is 14.0. The Hall–Kier alpha value is -4.06. The number of hydrogen-bond acceptors (Lipinski definition) is 5. The third-order valence-electron chi connectivity index (χ3n) is 7.81. The summed E-state index contributed by atoms with van der Waals surface area (Å²) in [5.41, 5.74) is 1.65. The molecule has 1 aliphatic heterocycles. The van der Waals surface area contributed by atoms with Gasteiger partial charge in [0.15, 0.2) is 0 Å². The topological polar surface area (TPSA) is 80.8 Å². The quantitative estimate of drug-likeness (QED) is 0.263. The zero-order valence-electron chi connectivity index (χ0n) is 18.6. The molecule has 6 nitrogen and oxygen atoms in total. The smallest absolute Gasteiger partial charge is 0.308 e. The van der Waals surface area contributed by atoms with E-state index in [1.807, 2.05) is 55.5 Å². The van der Waals surface area contributed by atoms with Crippen molar-refractivity contribution in [3.8, 4) is 5.75 Å². The lowest BCUT2D eigenvalue weighted by Gasteiger charge is -2.56. The Kier molecular flexibility index (Phi) is 4.07. The molecular weight excluding hydrogens is 430 g/mol. The zero-order valence-corrected chi connectivity index (χ0v) is 18.6. The minimum absolute atomic E-state index is 0.242. The molecule has 0 spiro atoms. The standard InChI is InChI=1S/C28H21NO5/c1-16(31)34-18-9-7-8-17(14-18)29-25(32)23-24(26(29)33)28(15-30)21-12-5-3-10-19(21)27(23,2)20-11-4-6-13-22(20)28/h3-15,23-24H,1-2H3/t23-,24-,27?,28?/m1/s1. The molecule has 3 aromatic carbocycles. The average Bonchev–Trinajstić information content (AvgIpc) is 3.11. The summed E-state index contributed by atoms with van der Waals surface area (Å²) in [6.45, 7) is 3.29. The number of imide groups is 1. The number of esters is 1. The number of amides is 2. The van der Waals surface area contributed by atoms with Gasteiger partial charge in [-0.2, -0.15) is 0 Å². The molecule has 34 heavy (non-hydrogen) atoms. The van der Waals surface area contributed by atoms with Crippen molar-refractivity contribution < 1.29 is 23.9 Å². The van der Waals surface area contributed by atoms with Crippen LogP contribution < -0.4 is 9.64 Å². The highest BCUT2D eigenvalue weighted by Gasteiger charge is 2.72. The van der Waals surface area contributed by atoms with Crippen molar-refractivity contribution in [3.63, 3.8) is 0 Å². The third-order valence-corrected chi connectivity index (χ3v) is 7.81. The Labute approximate surface area is 196 Å².